The maximum Gasteiger partial charge on any atom is 0.271 e. The number of rotatable bonds is 6. The van der Waals surface area contributed by atoms with Crippen LogP contribution in [-0.2, 0) is 28.4 Å². The maximum atomic E-state index is 14.5. The van der Waals surface area contributed by atoms with Crippen molar-refractivity contribution in [3.63, 3.8) is 0 Å². The molecule has 42 heavy (non-hydrogen) atoms. The van der Waals surface area contributed by atoms with Gasteiger partial charge in [-0.3, -0.25) is 4.79 Å². The van der Waals surface area contributed by atoms with Gasteiger partial charge in [0.25, 0.3) is 5.91 Å². The van der Waals surface area contributed by atoms with Gasteiger partial charge in [0, 0.05) is 49.6 Å². The van der Waals surface area contributed by atoms with Gasteiger partial charge >= 0.3 is 0 Å². The molecule has 0 fully saturated rings. The lowest BCUT2D eigenvalue weighted by molar-refractivity contribution is -0.0147. The van der Waals surface area contributed by atoms with Gasteiger partial charge in [0.1, 0.15) is 16.3 Å². The number of ether oxygens (including phenoxy) is 1. The summed E-state index contributed by atoms with van der Waals surface area (Å²) in [5, 5.41) is 15.0. The number of aliphatic hydroxyl groups is 1. The van der Waals surface area contributed by atoms with Crippen LogP contribution < -0.4 is 0 Å². The topological polar surface area (TPSA) is 118 Å². The maximum absolute atomic E-state index is 14.5. The van der Waals surface area contributed by atoms with Crippen molar-refractivity contribution in [2.24, 2.45) is 13.0 Å². The van der Waals surface area contributed by atoms with Crippen molar-refractivity contribution in [3.05, 3.63) is 71.2 Å². The number of aryl methyl sites for hydroxylation is 3. The summed E-state index contributed by atoms with van der Waals surface area (Å²) in [6.07, 6.45) is -0.572. The predicted molar refractivity (Wildman–Crippen MR) is 159 cm³/mol. The van der Waals surface area contributed by atoms with Crippen molar-refractivity contribution in [2.75, 3.05) is 26.7 Å². The lowest BCUT2D eigenvalue weighted by Crippen LogP contribution is -2.48. The lowest BCUT2D eigenvalue weighted by atomic mass is 9.96. The van der Waals surface area contributed by atoms with E-state index >= 15 is 0 Å². The molecule has 1 aliphatic rings. The molecule has 0 radical (unpaired) electrons. The summed E-state index contributed by atoms with van der Waals surface area (Å²) in [7, 11) is -0.521. The largest absolute Gasteiger partial charge is 0.394 e. The third kappa shape index (κ3) is 5.15. The number of likely N-dealkylation sites (N-methyl/N-ethyl adjacent to an activating group) is 1. The Balaban J connectivity index is 1.62. The Morgan fingerprint density at radius 3 is 2.52 bits per heavy atom. The van der Waals surface area contributed by atoms with Gasteiger partial charge in [-0.05, 0) is 38.0 Å². The molecule has 3 atom stereocenters. The zero-order chi connectivity index (χ0) is 30.3. The number of benzene rings is 2. The Kier molecular flexibility index (Phi) is 8.30. The fourth-order valence-corrected chi connectivity index (χ4v) is 7.34. The van der Waals surface area contributed by atoms with Crippen LogP contribution in [0.2, 0.25) is 0 Å². The smallest absolute Gasteiger partial charge is 0.271 e. The van der Waals surface area contributed by atoms with Crippen LogP contribution in [0.1, 0.15) is 41.4 Å². The van der Waals surface area contributed by atoms with E-state index in [1.54, 1.807) is 18.7 Å². The van der Waals surface area contributed by atoms with E-state index < -0.39 is 22.2 Å². The van der Waals surface area contributed by atoms with Crippen molar-refractivity contribution in [1.82, 2.24) is 18.9 Å². The molecule has 2 aromatic heterocycles. The third-order valence-corrected chi connectivity index (χ3v) is 10.4. The highest BCUT2D eigenvalue weighted by molar-refractivity contribution is 7.89. The van der Waals surface area contributed by atoms with Gasteiger partial charge in [0.15, 0.2) is 5.76 Å². The van der Waals surface area contributed by atoms with E-state index in [2.05, 4.69) is 5.16 Å². The first-order chi connectivity index (χ1) is 20.0. The summed E-state index contributed by atoms with van der Waals surface area (Å²) in [5.74, 6) is -0.263. The molecular weight excluding hydrogens is 556 g/mol. The Labute approximate surface area is 246 Å². The minimum atomic E-state index is -3.92. The molecular formula is C31H38N4O6S. The first kappa shape index (κ1) is 30.0. The van der Waals surface area contributed by atoms with E-state index in [9.17, 15) is 18.3 Å². The van der Waals surface area contributed by atoms with Crippen LogP contribution in [0.25, 0.3) is 22.0 Å². The zero-order valence-electron chi connectivity index (χ0n) is 24.9. The van der Waals surface area contributed by atoms with Gasteiger partial charge in [-0.1, -0.05) is 54.5 Å². The fraction of sp³-hybridized carbons (Fsp3) is 0.419. The van der Waals surface area contributed by atoms with Crippen LogP contribution in [0.4, 0.5) is 0 Å². The van der Waals surface area contributed by atoms with Gasteiger partial charge < -0.3 is 23.8 Å². The number of hydrogen-bond acceptors (Lipinski definition) is 7. The van der Waals surface area contributed by atoms with E-state index in [1.807, 2.05) is 74.0 Å². The number of sulfonamides is 1. The number of aliphatic hydroxyl groups excluding tert-OH is 1. The summed E-state index contributed by atoms with van der Waals surface area (Å²) in [6, 6.07) is 15.3. The highest BCUT2D eigenvalue weighted by atomic mass is 32.2. The average molecular weight is 595 g/mol. The Morgan fingerprint density at radius 1 is 1.14 bits per heavy atom. The van der Waals surface area contributed by atoms with Gasteiger partial charge in [-0.25, -0.2) is 8.42 Å². The molecule has 0 saturated carbocycles. The van der Waals surface area contributed by atoms with E-state index in [-0.39, 0.29) is 48.8 Å². The van der Waals surface area contributed by atoms with Crippen molar-refractivity contribution in [3.8, 4) is 11.1 Å². The van der Waals surface area contributed by atoms with Crippen molar-refractivity contribution < 1.29 is 27.6 Å². The van der Waals surface area contributed by atoms with E-state index in [0.29, 0.717) is 11.4 Å². The molecule has 5 rings (SSSR count). The first-order valence-corrected chi connectivity index (χ1v) is 15.5. The number of nitrogens with zero attached hydrogens (tertiary/aromatic N) is 4. The highest BCUT2D eigenvalue weighted by Crippen LogP contribution is 2.38. The second-order valence-corrected chi connectivity index (χ2v) is 13.2. The second kappa shape index (κ2) is 11.6. The standard InChI is InChI=1S/C31H38N4O6S/c1-19-15-35(20(2)17-36)31(37)29-28(25-13-9-10-14-26(25)34(29)6)24-12-8-7-11-23(24)18-40-27(19)16-33(5)42(38,39)30-21(3)32-41-22(30)4/h7-14,19-20,27,36H,15-18H2,1-6H3/t19-,20+,27+/m1/s1. The Bertz CT molecular complexity index is 1710. The SMILES string of the molecule is Cc1noc(C)c1S(=O)(=O)N(C)C[C@@H]1OCc2ccccc2-c2c(n(C)c3ccccc23)C(=O)N([C@@H](C)CO)C[C@H]1C. The zero-order valence-corrected chi connectivity index (χ0v) is 25.7. The van der Waals surface area contributed by atoms with Crippen LogP contribution >= 0.6 is 0 Å². The number of carbonyl (C=O) groups excluding carboxylic acids is 1. The number of hydrogen-bond donors (Lipinski definition) is 1. The average Bonchev–Trinajstić information content (AvgIpc) is 3.47. The molecule has 3 heterocycles. The second-order valence-electron chi connectivity index (χ2n) is 11.2. The minimum Gasteiger partial charge on any atom is -0.394 e. The first-order valence-electron chi connectivity index (χ1n) is 14.1. The predicted octanol–water partition coefficient (Wildman–Crippen LogP) is 4.13. The minimum absolute atomic E-state index is 0.0428. The molecule has 0 saturated heterocycles. The van der Waals surface area contributed by atoms with Crippen molar-refractivity contribution in [1.29, 1.82) is 0 Å². The molecule has 4 aromatic rings. The van der Waals surface area contributed by atoms with Gasteiger partial charge in [-0.15, -0.1) is 0 Å². The summed E-state index contributed by atoms with van der Waals surface area (Å²) in [4.78, 5) is 16.2. The number of fused-ring (bicyclic) bond motifs is 5. The van der Waals surface area contributed by atoms with Crippen LogP contribution in [-0.4, -0.2) is 77.3 Å². The quantitative estimate of drug-likeness (QED) is 0.357. The van der Waals surface area contributed by atoms with E-state index in [0.717, 1.165) is 27.6 Å². The van der Waals surface area contributed by atoms with Gasteiger partial charge in [0.2, 0.25) is 10.0 Å². The molecule has 0 unspecified atom stereocenters. The molecule has 224 valence electrons. The number of amides is 1. The Morgan fingerprint density at radius 2 is 1.83 bits per heavy atom. The summed E-state index contributed by atoms with van der Waals surface area (Å²) >= 11 is 0. The van der Waals surface area contributed by atoms with Crippen molar-refractivity contribution >= 4 is 26.8 Å². The third-order valence-electron chi connectivity index (χ3n) is 8.30. The molecule has 0 aliphatic carbocycles. The van der Waals surface area contributed by atoms with Crippen LogP contribution in [0.3, 0.4) is 0 Å². The number of para-hydroxylation sites is 1. The lowest BCUT2D eigenvalue weighted by Gasteiger charge is -2.34. The molecule has 1 aliphatic heterocycles. The number of aromatic nitrogens is 2. The van der Waals surface area contributed by atoms with E-state index in [4.69, 9.17) is 9.26 Å². The summed E-state index contributed by atoms with van der Waals surface area (Å²) in [5.41, 5.74) is 4.34. The molecule has 1 N–H and O–H groups in total. The molecule has 1 amide bonds. The van der Waals surface area contributed by atoms with Gasteiger partial charge in [-0.2, -0.15) is 4.31 Å². The van der Waals surface area contributed by atoms with Crippen LogP contribution in [0, 0.1) is 19.8 Å². The molecule has 0 spiro atoms. The van der Waals surface area contributed by atoms with E-state index in [1.165, 1.54) is 11.4 Å². The fourth-order valence-electron chi connectivity index (χ4n) is 5.88. The normalized spacial score (nSPS) is 19.0. The Hall–Kier alpha value is -3.51. The molecule has 0 bridgehead atoms. The summed E-state index contributed by atoms with van der Waals surface area (Å²) in [6.45, 7) is 7.22. The highest BCUT2D eigenvalue weighted by Gasteiger charge is 2.36. The van der Waals surface area contributed by atoms with Crippen molar-refractivity contribution in [2.45, 2.75) is 51.3 Å². The monoisotopic (exact) mass is 594 g/mol. The number of carbonyl (C=O) groups is 1. The van der Waals surface area contributed by atoms with Crippen LogP contribution in [0.15, 0.2) is 57.9 Å². The molecule has 10 nitrogen and oxygen atoms in total. The molecule has 11 heteroatoms. The van der Waals surface area contributed by atoms with Crippen LogP contribution in [0.5, 0.6) is 0 Å². The summed E-state index contributed by atoms with van der Waals surface area (Å²) < 4.78 is 42.0. The van der Waals surface area contributed by atoms with Gasteiger partial charge in [0.05, 0.1) is 25.4 Å². The molecule has 2 aromatic carbocycles.